The van der Waals surface area contributed by atoms with E-state index in [2.05, 4.69) is 16.7 Å². The average molecular weight is 252 g/mol. The van der Waals surface area contributed by atoms with Gasteiger partial charge in [0.05, 0.1) is 0 Å². The maximum absolute atomic E-state index is 11.6. The summed E-state index contributed by atoms with van der Waals surface area (Å²) < 4.78 is 0. The number of hydrogen-bond donors (Lipinski definition) is 3. The Morgan fingerprint density at radius 1 is 1.33 bits per heavy atom. The molecular formula is C13H20N2O3. The molecule has 0 aromatic carbocycles. The zero-order valence-corrected chi connectivity index (χ0v) is 10.5. The van der Waals surface area contributed by atoms with Gasteiger partial charge in [-0.15, -0.1) is 0 Å². The van der Waals surface area contributed by atoms with E-state index in [1.807, 2.05) is 0 Å². The van der Waals surface area contributed by atoms with Gasteiger partial charge < -0.3 is 15.7 Å². The molecule has 2 aliphatic rings. The Labute approximate surface area is 107 Å². The molecule has 0 radical (unpaired) electrons. The van der Waals surface area contributed by atoms with Gasteiger partial charge in [-0.05, 0) is 44.9 Å². The van der Waals surface area contributed by atoms with Gasteiger partial charge in [0.25, 0.3) is 0 Å². The first kappa shape index (κ1) is 12.9. The van der Waals surface area contributed by atoms with E-state index in [9.17, 15) is 9.59 Å². The van der Waals surface area contributed by atoms with Gasteiger partial charge in [-0.3, -0.25) is 0 Å². The molecule has 0 heterocycles. The topological polar surface area (TPSA) is 78.4 Å². The quantitative estimate of drug-likeness (QED) is 0.653. The highest BCUT2D eigenvalue weighted by atomic mass is 16.4. The normalized spacial score (nSPS) is 20.8. The number of amides is 2. The monoisotopic (exact) mass is 252 g/mol. The summed E-state index contributed by atoms with van der Waals surface area (Å²) in [5.74, 6) is -0.928. The molecule has 0 aliphatic heterocycles. The first-order valence-corrected chi connectivity index (χ1v) is 6.60. The summed E-state index contributed by atoms with van der Waals surface area (Å²) in [5.41, 5.74) is 0.378. The van der Waals surface area contributed by atoms with Gasteiger partial charge in [-0.1, -0.05) is 11.6 Å². The van der Waals surface area contributed by atoms with Gasteiger partial charge in [-0.2, -0.15) is 0 Å². The number of aliphatic carboxylic acids is 1. The number of rotatable bonds is 5. The van der Waals surface area contributed by atoms with Crippen LogP contribution >= 0.6 is 0 Å². The van der Waals surface area contributed by atoms with Crippen LogP contribution in [0.3, 0.4) is 0 Å². The van der Waals surface area contributed by atoms with E-state index in [4.69, 9.17) is 5.11 Å². The molecule has 0 spiro atoms. The van der Waals surface area contributed by atoms with E-state index in [1.165, 1.54) is 12.0 Å². The number of hydrogen-bond acceptors (Lipinski definition) is 2. The van der Waals surface area contributed by atoms with Crippen LogP contribution in [0.2, 0.25) is 0 Å². The molecule has 5 nitrogen and oxygen atoms in total. The Morgan fingerprint density at radius 2 is 2.11 bits per heavy atom. The Hall–Kier alpha value is -1.52. The van der Waals surface area contributed by atoms with Gasteiger partial charge in [0.2, 0.25) is 0 Å². The molecule has 0 atom stereocenters. The highest BCUT2D eigenvalue weighted by molar-refractivity contribution is 5.87. The number of carbonyl (C=O) groups excluding carboxylic acids is 1. The SMILES string of the molecule is O=C(NCCC1=CCCC1)NC1(C(=O)O)CCC1. The van der Waals surface area contributed by atoms with E-state index in [0.29, 0.717) is 19.4 Å². The number of nitrogens with one attached hydrogen (secondary N) is 2. The van der Waals surface area contributed by atoms with E-state index in [-0.39, 0.29) is 6.03 Å². The summed E-state index contributed by atoms with van der Waals surface area (Å²) in [6.07, 6.45) is 8.49. The zero-order chi connectivity index (χ0) is 13.0. The molecule has 0 aromatic rings. The largest absolute Gasteiger partial charge is 0.480 e. The molecule has 1 fully saturated rings. The second-order valence-electron chi connectivity index (χ2n) is 5.13. The lowest BCUT2D eigenvalue weighted by molar-refractivity contribution is -0.148. The van der Waals surface area contributed by atoms with Gasteiger partial charge in [0.1, 0.15) is 5.54 Å². The van der Waals surface area contributed by atoms with Crippen LogP contribution in [0.5, 0.6) is 0 Å². The second kappa shape index (κ2) is 5.42. The van der Waals surface area contributed by atoms with Crippen LogP contribution < -0.4 is 10.6 Å². The number of carboxylic acids is 1. The Morgan fingerprint density at radius 3 is 2.61 bits per heavy atom. The first-order valence-electron chi connectivity index (χ1n) is 6.60. The lowest BCUT2D eigenvalue weighted by atomic mass is 9.77. The summed E-state index contributed by atoms with van der Waals surface area (Å²) >= 11 is 0. The molecule has 100 valence electrons. The van der Waals surface area contributed by atoms with Crippen molar-refractivity contribution in [1.82, 2.24) is 10.6 Å². The molecule has 0 saturated heterocycles. The maximum atomic E-state index is 11.6. The molecule has 18 heavy (non-hydrogen) atoms. The fourth-order valence-corrected chi connectivity index (χ4v) is 2.49. The zero-order valence-electron chi connectivity index (χ0n) is 10.5. The highest BCUT2D eigenvalue weighted by Crippen LogP contribution is 2.31. The Kier molecular flexibility index (Phi) is 3.89. The lowest BCUT2D eigenvalue weighted by Gasteiger charge is -2.38. The van der Waals surface area contributed by atoms with E-state index >= 15 is 0 Å². The van der Waals surface area contributed by atoms with Crippen LogP contribution in [0.25, 0.3) is 0 Å². The molecule has 0 unspecified atom stereocenters. The minimum absolute atomic E-state index is 0.365. The predicted octanol–water partition coefficient (Wildman–Crippen LogP) is 1.79. The van der Waals surface area contributed by atoms with Crippen LogP contribution in [0.4, 0.5) is 4.79 Å². The predicted molar refractivity (Wildman–Crippen MR) is 67.3 cm³/mol. The van der Waals surface area contributed by atoms with Gasteiger partial charge in [0, 0.05) is 6.54 Å². The summed E-state index contributed by atoms with van der Waals surface area (Å²) in [6.45, 7) is 0.577. The standard InChI is InChI=1S/C13H20N2O3/c16-11(17)13(7-3-8-13)15-12(18)14-9-6-10-4-1-2-5-10/h4H,1-3,5-9H2,(H,16,17)(H2,14,15,18). The van der Waals surface area contributed by atoms with Crippen LogP contribution in [0.15, 0.2) is 11.6 Å². The second-order valence-corrected chi connectivity index (χ2v) is 5.13. The Bertz CT molecular complexity index is 372. The third kappa shape index (κ3) is 2.83. The van der Waals surface area contributed by atoms with Crippen LogP contribution in [-0.4, -0.2) is 29.2 Å². The Balaban J connectivity index is 1.70. The van der Waals surface area contributed by atoms with E-state index < -0.39 is 11.5 Å². The van der Waals surface area contributed by atoms with Crippen molar-refractivity contribution >= 4 is 12.0 Å². The molecule has 3 N–H and O–H groups in total. The van der Waals surface area contributed by atoms with Gasteiger partial charge in [-0.25, -0.2) is 9.59 Å². The lowest BCUT2D eigenvalue weighted by Crippen LogP contribution is -2.61. The maximum Gasteiger partial charge on any atom is 0.329 e. The molecule has 5 heteroatoms. The molecule has 2 aliphatic carbocycles. The molecule has 1 saturated carbocycles. The average Bonchev–Trinajstić information content (AvgIpc) is 2.76. The third-order valence-electron chi connectivity index (χ3n) is 3.84. The minimum Gasteiger partial charge on any atom is -0.480 e. The minimum atomic E-state index is -1.02. The van der Waals surface area contributed by atoms with Crippen molar-refractivity contribution < 1.29 is 14.7 Å². The van der Waals surface area contributed by atoms with E-state index in [1.54, 1.807) is 0 Å². The third-order valence-corrected chi connectivity index (χ3v) is 3.84. The van der Waals surface area contributed by atoms with Crippen molar-refractivity contribution in [3.8, 4) is 0 Å². The number of urea groups is 1. The van der Waals surface area contributed by atoms with Crippen molar-refractivity contribution in [2.45, 2.75) is 50.5 Å². The highest BCUT2D eigenvalue weighted by Gasteiger charge is 2.45. The van der Waals surface area contributed by atoms with Gasteiger partial charge >= 0.3 is 12.0 Å². The van der Waals surface area contributed by atoms with Crippen molar-refractivity contribution in [1.29, 1.82) is 0 Å². The summed E-state index contributed by atoms with van der Waals surface area (Å²) in [6, 6.07) is -0.365. The molecule has 0 aromatic heterocycles. The molecule has 2 rings (SSSR count). The number of allylic oxidation sites excluding steroid dienone is 1. The number of carbonyl (C=O) groups is 2. The smallest absolute Gasteiger partial charge is 0.329 e. The van der Waals surface area contributed by atoms with Gasteiger partial charge in [0.15, 0.2) is 0 Å². The van der Waals surface area contributed by atoms with Crippen LogP contribution in [0, 0.1) is 0 Å². The summed E-state index contributed by atoms with van der Waals surface area (Å²) in [7, 11) is 0. The van der Waals surface area contributed by atoms with E-state index in [0.717, 1.165) is 25.7 Å². The van der Waals surface area contributed by atoms with Crippen molar-refractivity contribution in [2.75, 3.05) is 6.54 Å². The summed E-state index contributed by atoms with van der Waals surface area (Å²) in [5, 5.41) is 14.4. The fourth-order valence-electron chi connectivity index (χ4n) is 2.49. The molecule has 0 bridgehead atoms. The molecular weight excluding hydrogens is 232 g/mol. The van der Waals surface area contributed by atoms with Crippen molar-refractivity contribution in [3.63, 3.8) is 0 Å². The number of carboxylic acid groups (broad SMARTS) is 1. The molecule has 2 amide bonds. The van der Waals surface area contributed by atoms with Crippen LogP contribution in [0.1, 0.15) is 44.9 Å². The van der Waals surface area contributed by atoms with Crippen LogP contribution in [-0.2, 0) is 4.79 Å². The van der Waals surface area contributed by atoms with Crippen molar-refractivity contribution in [2.24, 2.45) is 0 Å². The first-order chi connectivity index (χ1) is 8.62. The summed E-state index contributed by atoms with van der Waals surface area (Å²) in [4.78, 5) is 22.7. The van der Waals surface area contributed by atoms with Crippen molar-refractivity contribution in [3.05, 3.63) is 11.6 Å². The fraction of sp³-hybridized carbons (Fsp3) is 0.692.